The molecule has 0 bridgehead atoms. The molecule has 8 heteroatoms. The number of carbonyl (C=O) groups excluding carboxylic acids is 1. The number of rotatable bonds is 7. The largest absolute Gasteiger partial charge is 0.496 e. The Morgan fingerprint density at radius 3 is 2.70 bits per heavy atom. The molecule has 2 aromatic heterocycles. The number of hydrogen-bond donors (Lipinski definition) is 1. The molecule has 1 amide bonds. The van der Waals surface area contributed by atoms with Crippen LogP contribution in [0.4, 0.5) is 5.95 Å². The van der Waals surface area contributed by atoms with Crippen molar-refractivity contribution < 1.29 is 14.1 Å². The maximum absolute atomic E-state index is 13.0. The second-order valence-corrected chi connectivity index (χ2v) is 8.89. The van der Waals surface area contributed by atoms with Crippen LogP contribution in [-0.2, 0) is 11.2 Å². The van der Waals surface area contributed by atoms with E-state index < -0.39 is 0 Å². The summed E-state index contributed by atoms with van der Waals surface area (Å²) in [4.78, 5) is 24.3. The van der Waals surface area contributed by atoms with Crippen molar-refractivity contribution in [2.24, 2.45) is 0 Å². The number of aryl methyl sites for hydroxylation is 1. The van der Waals surface area contributed by atoms with Crippen molar-refractivity contribution in [1.29, 1.82) is 0 Å². The Balaban J connectivity index is 1.31. The first-order chi connectivity index (χ1) is 16.1. The van der Waals surface area contributed by atoms with Crippen LogP contribution < -0.4 is 10.1 Å². The lowest BCUT2D eigenvalue weighted by Gasteiger charge is -2.32. The van der Waals surface area contributed by atoms with Gasteiger partial charge in [-0.2, -0.15) is 0 Å². The first-order valence-electron chi connectivity index (χ1n) is 11.6. The second kappa shape index (κ2) is 9.21. The molecule has 1 aliphatic carbocycles. The molecule has 1 aromatic carbocycles. The van der Waals surface area contributed by atoms with Gasteiger partial charge in [-0.3, -0.25) is 4.79 Å². The SMILES string of the molecule is COc1ccccc1CC(=O)N1CCC(c2nc(NC3CC3)ncc2-c2cc(C)no2)CC1. The van der Waals surface area contributed by atoms with Crippen LogP contribution in [-0.4, -0.2) is 52.2 Å². The Labute approximate surface area is 193 Å². The summed E-state index contributed by atoms with van der Waals surface area (Å²) in [6.45, 7) is 3.30. The van der Waals surface area contributed by atoms with E-state index in [-0.39, 0.29) is 11.8 Å². The van der Waals surface area contributed by atoms with Crippen molar-refractivity contribution >= 4 is 11.9 Å². The molecule has 5 rings (SSSR count). The van der Waals surface area contributed by atoms with Gasteiger partial charge in [0.05, 0.1) is 30.5 Å². The van der Waals surface area contributed by atoms with Crippen LogP contribution in [0.2, 0.25) is 0 Å². The minimum atomic E-state index is 0.128. The second-order valence-electron chi connectivity index (χ2n) is 8.89. The quantitative estimate of drug-likeness (QED) is 0.586. The van der Waals surface area contributed by atoms with Gasteiger partial charge in [-0.05, 0) is 38.7 Å². The Kier molecular flexibility index (Phi) is 5.98. The molecular formula is C25H29N5O3. The molecule has 0 radical (unpaired) electrons. The van der Waals surface area contributed by atoms with Crippen molar-refractivity contribution in [1.82, 2.24) is 20.0 Å². The lowest BCUT2D eigenvalue weighted by atomic mass is 9.90. The zero-order chi connectivity index (χ0) is 22.8. The number of nitrogens with one attached hydrogen (secondary N) is 1. The molecule has 33 heavy (non-hydrogen) atoms. The third-order valence-electron chi connectivity index (χ3n) is 6.39. The molecule has 0 spiro atoms. The number of likely N-dealkylation sites (tertiary alicyclic amines) is 1. The van der Waals surface area contributed by atoms with E-state index in [2.05, 4.69) is 15.5 Å². The molecule has 0 atom stereocenters. The number of methoxy groups -OCH3 is 1. The van der Waals surface area contributed by atoms with E-state index in [0.29, 0.717) is 37.3 Å². The van der Waals surface area contributed by atoms with Gasteiger partial charge in [0.25, 0.3) is 0 Å². The number of para-hydroxylation sites is 1. The van der Waals surface area contributed by atoms with E-state index in [4.69, 9.17) is 14.2 Å². The number of benzene rings is 1. The van der Waals surface area contributed by atoms with Crippen LogP contribution in [0.3, 0.4) is 0 Å². The molecule has 3 heterocycles. The minimum absolute atomic E-state index is 0.128. The fraction of sp³-hybridized carbons (Fsp3) is 0.440. The first-order valence-corrected chi connectivity index (χ1v) is 11.6. The summed E-state index contributed by atoms with van der Waals surface area (Å²) in [5.41, 5.74) is 3.60. The molecule has 1 saturated heterocycles. The highest BCUT2D eigenvalue weighted by atomic mass is 16.5. The van der Waals surface area contributed by atoms with E-state index in [1.807, 2.05) is 48.4 Å². The zero-order valence-electron chi connectivity index (χ0n) is 19.1. The predicted octanol–water partition coefficient (Wildman–Crippen LogP) is 3.97. The smallest absolute Gasteiger partial charge is 0.227 e. The summed E-state index contributed by atoms with van der Waals surface area (Å²) in [5, 5.41) is 7.44. The third kappa shape index (κ3) is 4.84. The highest BCUT2D eigenvalue weighted by molar-refractivity contribution is 5.79. The number of ether oxygens (including phenoxy) is 1. The molecule has 8 nitrogen and oxygen atoms in total. The van der Waals surface area contributed by atoms with E-state index in [1.165, 1.54) is 0 Å². The normalized spacial score (nSPS) is 16.6. The van der Waals surface area contributed by atoms with Crippen molar-refractivity contribution in [3.05, 3.63) is 53.5 Å². The third-order valence-corrected chi connectivity index (χ3v) is 6.39. The lowest BCUT2D eigenvalue weighted by molar-refractivity contribution is -0.131. The highest BCUT2D eigenvalue weighted by Gasteiger charge is 2.29. The fourth-order valence-corrected chi connectivity index (χ4v) is 4.39. The van der Waals surface area contributed by atoms with E-state index in [1.54, 1.807) is 7.11 Å². The number of piperidine rings is 1. The number of amides is 1. The van der Waals surface area contributed by atoms with Crippen molar-refractivity contribution in [3.63, 3.8) is 0 Å². The summed E-state index contributed by atoms with van der Waals surface area (Å²) < 4.78 is 10.9. The zero-order valence-corrected chi connectivity index (χ0v) is 19.1. The number of nitrogens with zero attached hydrogens (tertiary/aromatic N) is 4. The number of carbonyl (C=O) groups is 1. The van der Waals surface area contributed by atoms with E-state index in [9.17, 15) is 4.79 Å². The van der Waals surface area contributed by atoms with Gasteiger partial charge in [0, 0.05) is 42.9 Å². The van der Waals surface area contributed by atoms with Crippen LogP contribution in [0.25, 0.3) is 11.3 Å². The highest BCUT2D eigenvalue weighted by Crippen LogP contribution is 2.35. The first kappa shape index (κ1) is 21.4. The molecule has 1 saturated carbocycles. The van der Waals surface area contributed by atoms with Crippen molar-refractivity contribution in [3.8, 4) is 17.1 Å². The van der Waals surface area contributed by atoms with Gasteiger partial charge in [0.2, 0.25) is 11.9 Å². The Morgan fingerprint density at radius 1 is 1.21 bits per heavy atom. The van der Waals surface area contributed by atoms with Gasteiger partial charge >= 0.3 is 0 Å². The maximum Gasteiger partial charge on any atom is 0.227 e. The van der Waals surface area contributed by atoms with Crippen molar-refractivity contribution in [2.75, 3.05) is 25.5 Å². The van der Waals surface area contributed by atoms with Gasteiger partial charge in [0.1, 0.15) is 5.75 Å². The predicted molar refractivity (Wildman–Crippen MR) is 124 cm³/mol. The molecule has 1 aliphatic heterocycles. The number of anilines is 1. The standard InChI is InChI=1S/C25H29N5O3/c1-16-13-22(33-29-16)20-15-26-25(27-19-7-8-19)28-24(20)17-9-11-30(12-10-17)23(31)14-18-5-3-4-6-21(18)32-2/h3-6,13,15,17,19H,7-12,14H2,1-2H3,(H,26,27,28). The molecule has 3 aromatic rings. The summed E-state index contributed by atoms with van der Waals surface area (Å²) in [6, 6.07) is 10.1. The topological polar surface area (TPSA) is 93.4 Å². The van der Waals surface area contributed by atoms with Crippen LogP contribution >= 0.6 is 0 Å². The summed E-state index contributed by atoms with van der Waals surface area (Å²) in [7, 11) is 1.64. The molecule has 2 fully saturated rings. The Bertz CT molecular complexity index is 1130. The molecule has 1 N–H and O–H groups in total. The van der Waals surface area contributed by atoms with Crippen LogP contribution in [0.5, 0.6) is 5.75 Å². The monoisotopic (exact) mass is 447 g/mol. The van der Waals surface area contributed by atoms with Gasteiger partial charge in [-0.1, -0.05) is 23.4 Å². The summed E-state index contributed by atoms with van der Waals surface area (Å²) in [6.07, 6.45) is 6.20. The maximum atomic E-state index is 13.0. The van der Waals surface area contributed by atoms with Gasteiger partial charge in [-0.25, -0.2) is 9.97 Å². The van der Waals surface area contributed by atoms with Crippen molar-refractivity contribution in [2.45, 2.75) is 51.0 Å². The van der Waals surface area contributed by atoms with Crippen LogP contribution in [0.15, 0.2) is 41.1 Å². The van der Waals surface area contributed by atoms with Crippen LogP contribution in [0.1, 0.15) is 48.6 Å². The average molecular weight is 448 g/mol. The Morgan fingerprint density at radius 2 is 2.00 bits per heavy atom. The summed E-state index contributed by atoms with van der Waals surface area (Å²) in [5.74, 6) is 2.47. The van der Waals surface area contributed by atoms with Gasteiger partial charge < -0.3 is 19.5 Å². The van der Waals surface area contributed by atoms with Gasteiger partial charge in [-0.15, -0.1) is 0 Å². The van der Waals surface area contributed by atoms with Crippen LogP contribution in [0, 0.1) is 6.92 Å². The molecular weight excluding hydrogens is 418 g/mol. The lowest BCUT2D eigenvalue weighted by Crippen LogP contribution is -2.39. The minimum Gasteiger partial charge on any atom is -0.496 e. The summed E-state index contributed by atoms with van der Waals surface area (Å²) >= 11 is 0. The molecule has 0 unspecified atom stereocenters. The van der Waals surface area contributed by atoms with Gasteiger partial charge in [0.15, 0.2) is 5.76 Å². The molecule has 2 aliphatic rings. The van der Waals surface area contributed by atoms with E-state index in [0.717, 1.165) is 53.9 Å². The fourth-order valence-electron chi connectivity index (χ4n) is 4.39. The molecule has 172 valence electrons. The average Bonchev–Trinajstić information content (AvgIpc) is 3.56. The number of hydrogen-bond acceptors (Lipinski definition) is 7. The number of aromatic nitrogens is 3. The Hall–Kier alpha value is -3.42. The van der Waals surface area contributed by atoms with E-state index >= 15 is 0 Å².